The molecule has 16 heavy (non-hydrogen) atoms. The van der Waals surface area contributed by atoms with Crippen LogP contribution in [0.15, 0.2) is 0 Å². The highest BCUT2D eigenvalue weighted by atomic mass is 16.5. The Labute approximate surface area is 98.8 Å². The van der Waals surface area contributed by atoms with E-state index >= 15 is 0 Å². The Balaban J connectivity index is 3.39. The predicted molar refractivity (Wildman–Crippen MR) is 66.7 cm³/mol. The average Bonchev–Trinajstić information content (AvgIpc) is 2.13. The van der Waals surface area contributed by atoms with Crippen molar-refractivity contribution in [2.75, 3.05) is 0 Å². The van der Waals surface area contributed by atoms with Crippen LogP contribution in [0.1, 0.15) is 55.4 Å². The monoisotopic (exact) mass is 228 g/mol. The molecule has 0 N–H and O–H groups in total. The molecule has 0 aliphatic carbocycles. The first-order chi connectivity index (χ1) is 6.81. The first kappa shape index (κ1) is 13.9. The van der Waals surface area contributed by atoms with Crippen molar-refractivity contribution >= 4 is 0 Å². The summed E-state index contributed by atoms with van der Waals surface area (Å²) in [5.74, 6) is 0. The fourth-order valence-corrected chi connectivity index (χ4v) is 2.39. The Morgan fingerprint density at radius 3 is 0.750 bits per heavy atom. The van der Waals surface area contributed by atoms with Crippen molar-refractivity contribution in [1.29, 1.82) is 0 Å². The van der Waals surface area contributed by atoms with Gasteiger partial charge in [0.1, 0.15) is 0 Å². The smallest absolute Gasteiger partial charge is 0.0210 e. The summed E-state index contributed by atoms with van der Waals surface area (Å²) >= 11 is 0. The van der Waals surface area contributed by atoms with E-state index in [9.17, 15) is 10.4 Å². The van der Waals surface area contributed by atoms with Gasteiger partial charge >= 0.3 is 0 Å². The first-order valence-corrected chi connectivity index (χ1v) is 5.76. The van der Waals surface area contributed by atoms with Crippen LogP contribution in [0.4, 0.5) is 0 Å². The summed E-state index contributed by atoms with van der Waals surface area (Å²) in [5, 5.41) is 27.2. The minimum absolute atomic E-state index is 0.715. The molecule has 1 saturated heterocycles. The van der Waals surface area contributed by atoms with E-state index in [4.69, 9.17) is 0 Å². The molecule has 0 aromatic heterocycles. The molecule has 0 atom stereocenters. The number of hydroxylamine groups is 4. The second-order valence-electron chi connectivity index (χ2n) is 6.82. The molecule has 0 radical (unpaired) electrons. The Kier molecular flexibility index (Phi) is 2.77. The highest BCUT2D eigenvalue weighted by molar-refractivity contribution is 5.20. The summed E-state index contributed by atoms with van der Waals surface area (Å²) < 4.78 is 0. The average molecular weight is 228 g/mol. The van der Waals surface area contributed by atoms with Crippen LogP contribution in [0.5, 0.6) is 0 Å². The second-order valence-corrected chi connectivity index (χ2v) is 6.82. The van der Waals surface area contributed by atoms with Gasteiger partial charge in [-0.25, -0.2) is 0 Å². The largest absolute Gasteiger partial charge is 0.784 e. The fraction of sp³-hybridized carbons (Fsp3) is 1.00. The molecular weight excluding hydrogens is 204 g/mol. The summed E-state index contributed by atoms with van der Waals surface area (Å²) in [6.07, 6.45) is 0. The van der Waals surface area contributed by atoms with Gasteiger partial charge in [-0.3, -0.25) is 0 Å². The second kappa shape index (κ2) is 3.19. The number of nitrogens with zero attached hydrogens (tertiary/aromatic N) is 2. The van der Waals surface area contributed by atoms with Crippen molar-refractivity contribution in [3.8, 4) is 0 Å². The lowest BCUT2D eigenvalue weighted by atomic mass is 9.68. The number of piperazine rings is 1. The minimum atomic E-state index is -0.715. The lowest BCUT2D eigenvalue weighted by molar-refractivity contribution is -0.171. The van der Waals surface area contributed by atoms with Crippen LogP contribution in [0.3, 0.4) is 0 Å². The quantitative estimate of drug-likeness (QED) is 0.639. The van der Waals surface area contributed by atoms with E-state index in [-0.39, 0.29) is 0 Å². The molecule has 0 amide bonds. The SMILES string of the molecule is CC1(C)N([O-])C(C)(C)C(C)(C)N([O-])C1(C)C. The zero-order valence-electron chi connectivity index (χ0n) is 11.7. The Hall–Kier alpha value is -0.160. The van der Waals surface area contributed by atoms with Gasteiger partial charge in [-0.15, -0.1) is 0 Å². The van der Waals surface area contributed by atoms with E-state index in [1.54, 1.807) is 0 Å². The lowest BCUT2D eigenvalue weighted by Crippen LogP contribution is -2.81. The molecule has 0 unspecified atom stereocenters. The summed E-state index contributed by atoms with van der Waals surface area (Å²) in [6, 6.07) is 0. The zero-order chi connectivity index (χ0) is 13.2. The molecule has 0 aromatic carbocycles. The molecule has 0 bridgehead atoms. The van der Waals surface area contributed by atoms with Crippen LogP contribution in [0, 0.1) is 10.4 Å². The van der Waals surface area contributed by atoms with Crippen LogP contribution < -0.4 is 0 Å². The third kappa shape index (κ3) is 1.30. The van der Waals surface area contributed by atoms with Crippen molar-refractivity contribution in [3.05, 3.63) is 10.4 Å². The van der Waals surface area contributed by atoms with Gasteiger partial charge in [-0.05, 0) is 55.4 Å². The van der Waals surface area contributed by atoms with Crippen molar-refractivity contribution < 1.29 is 0 Å². The predicted octanol–water partition coefficient (Wildman–Crippen LogP) is 2.71. The van der Waals surface area contributed by atoms with Crippen LogP contribution in [0.25, 0.3) is 0 Å². The lowest BCUT2D eigenvalue weighted by Gasteiger charge is -2.77. The summed E-state index contributed by atoms with van der Waals surface area (Å²) in [4.78, 5) is 0. The normalized spacial score (nSPS) is 32.6. The van der Waals surface area contributed by atoms with Crippen LogP contribution in [0.2, 0.25) is 0 Å². The fourth-order valence-electron chi connectivity index (χ4n) is 2.39. The number of rotatable bonds is 0. The summed E-state index contributed by atoms with van der Waals surface area (Å²) in [5.41, 5.74) is -2.86. The van der Waals surface area contributed by atoms with E-state index in [1.165, 1.54) is 0 Å². The molecule has 0 saturated carbocycles. The molecule has 1 heterocycles. The van der Waals surface area contributed by atoms with Gasteiger partial charge in [-0.2, -0.15) is 0 Å². The van der Waals surface area contributed by atoms with E-state index in [1.807, 2.05) is 55.4 Å². The first-order valence-electron chi connectivity index (χ1n) is 5.76. The van der Waals surface area contributed by atoms with Crippen molar-refractivity contribution in [1.82, 2.24) is 10.1 Å². The Morgan fingerprint density at radius 1 is 0.500 bits per heavy atom. The molecule has 0 aromatic rings. The van der Waals surface area contributed by atoms with Gasteiger partial charge in [0.25, 0.3) is 0 Å². The van der Waals surface area contributed by atoms with Crippen molar-refractivity contribution in [2.45, 2.75) is 77.5 Å². The number of hydrogen-bond acceptors (Lipinski definition) is 4. The zero-order valence-corrected chi connectivity index (χ0v) is 11.7. The summed E-state index contributed by atoms with van der Waals surface area (Å²) in [7, 11) is 0. The van der Waals surface area contributed by atoms with Crippen LogP contribution in [-0.2, 0) is 0 Å². The number of hydrogen-bond donors (Lipinski definition) is 0. The maximum atomic E-state index is 12.5. The maximum Gasteiger partial charge on any atom is 0.0210 e. The molecule has 1 aliphatic rings. The molecular formula is C12H24N2O2-2. The van der Waals surface area contributed by atoms with Gasteiger partial charge in [-0.1, -0.05) is 0 Å². The highest BCUT2D eigenvalue weighted by Gasteiger charge is 2.56. The van der Waals surface area contributed by atoms with Crippen LogP contribution in [-0.4, -0.2) is 32.3 Å². The molecule has 0 spiro atoms. The third-order valence-electron chi connectivity index (χ3n) is 5.03. The highest BCUT2D eigenvalue weighted by Crippen LogP contribution is 2.49. The Bertz CT molecular complexity index is 237. The van der Waals surface area contributed by atoms with E-state index < -0.39 is 22.2 Å². The van der Waals surface area contributed by atoms with E-state index in [2.05, 4.69) is 0 Å². The van der Waals surface area contributed by atoms with E-state index in [0.717, 1.165) is 10.1 Å². The molecule has 4 heteroatoms. The maximum absolute atomic E-state index is 12.5. The topological polar surface area (TPSA) is 52.6 Å². The van der Waals surface area contributed by atoms with Gasteiger partial charge in [0.15, 0.2) is 0 Å². The van der Waals surface area contributed by atoms with Gasteiger partial charge in [0, 0.05) is 22.2 Å². The molecule has 1 aliphatic heterocycles. The molecule has 96 valence electrons. The third-order valence-corrected chi connectivity index (χ3v) is 5.03. The standard InChI is InChI=1S/C12H24N2O2/c1-9(2)10(3,4)14(16)12(7,8)11(5,6)13(9)15/h1-8H3/q-2. The summed E-state index contributed by atoms with van der Waals surface area (Å²) in [6.45, 7) is 14.7. The molecule has 4 nitrogen and oxygen atoms in total. The van der Waals surface area contributed by atoms with Gasteiger partial charge in [0.05, 0.1) is 0 Å². The Morgan fingerprint density at radius 2 is 0.625 bits per heavy atom. The van der Waals surface area contributed by atoms with Crippen LogP contribution >= 0.6 is 0 Å². The van der Waals surface area contributed by atoms with Gasteiger partial charge in [0.2, 0.25) is 0 Å². The van der Waals surface area contributed by atoms with Crippen molar-refractivity contribution in [3.63, 3.8) is 0 Å². The molecule has 1 rings (SSSR count). The van der Waals surface area contributed by atoms with Gasteiger partial charge < -0.3 is 20.5 Å². The minimum Gasteiger partial charge on any atom is -0.784 e. The molecule has 1 fully saturated rings. The van der Waals surface area contributed by atoms with E-state index in [0.29, 0.717) is 0 Å². The van der Waals surface area contributed by atoms with Crippen molar-refractivity contribution in [2.24, 2.45) is 0 Å².